The zero-order valence-corrected chi connectivity index (χ0v) is 15.9. The number of para-hydroxylation sites is 1. The zero-order chi connectivity index (χ0) is 18.2. The van der Waals surface area contributed by atoms with Crippen molar-refractivity contribution in [3.05, 3.63) is 47.9 Å². The van der Waals surface area contributed by atoms with Crippen molar-refractivity contribution in [1.29, 1.82) is 0 Å². The molecule has 138 valence electrons. The summed E-state index contributed by atoms with van der Waals surface area (Å²) < 4.78 is 1.85. The van der Waals surface area contributed by atoms with Crippen LogP contribution in [0.25, 0.3) is 15.7 Å². The average molecular weight is 380 g/mol. The number of aryl methyl sites for hydroxylation is 1. The van der Waals surface area contributed by atoms with E-state index in [0.29, 0.717) is 0 Å². The van der Waals surface area contributed by atoms with Gasteiger partial charge in [-0.3, -0.25) is 10.00 Å². The number of aromatic amines is 1. The number of fused-ring (bicyclic) bond motifs is 1. The summed E-state index contributed by atoms with van der Waals surface area (Å²) in [5, 5.41) is 21.4. The quantitative estimate of drug-likeness (QED) is 0.585. The molecule has 9 heteroatoms. The van der Waals surface area contributed by atoms with E-state index >= 15 is 0 Å². The van der Waals surface area contributed by atoms with Crippen LogP contribution in [0.3, 0.4) is 0 Å². The normalized spacial score (nSPS) is 15.7. The number of nitrogens with zero attached hydrogens (tertiary/aromatic N) is 7. The fourth-order valence-electron chi connectivity index (χ4n) is 3.39. The van der Waals surface area contributed by atoms with E-state index in [4.69, 9.17) is 0 Å². The number of benzene rings is 1. The van der Waals surface area contributed by atoms with E-state index in [1.54, 1.807) is 0 Å². The Balaban J connectivity index is 1.29. The predicted molar refractivity (Wildman–Crippen MR) is 105 cm³/mol. The molecule has 0 amide bonds. The molecular formula is C18H20N8S. The molecule has 1 N–H and O–H groups in total. The van der Waals surface area contributed by atoms with Gasteiger partial charge < -0.3 is 4.90 Å². The fraction of sp³-hybridized carbons (Fsp3) is 0.333. The lowest BCUT2D eigenvalue weighted by atomic mass is 10.2. The minimum Gasteiger partial charge on any atom is -0.369 e. The van der Waals surface area contributed by atoms with Crippen molar-refractivity contribution in [2.45, 2.75) is 13.5 Å². The van der Waals surface area contributed by atoms with Gasteiger partial charge in [0.15, 0.2) is 10.8 Å². The summed E-state index contributed by atoms with van der Waals surface area (Å²) in [5.41, 5.74) is 3.17. The number of piperazine rings is 1. The Kier molecular flexibility index (Phi) is 4.10. The van der Waals surface area contributed by atoms with E-state index in [-0.39, 0.29) is 0 Å². The maximum Gasteiger partial charge on any atom is 0.235 e. The van der Waals surface area contributed by atoms with Crippen molar-refractivity contribution in [1.82, 2.24) is 34.9 Å². The summed E-state index contributed by atoms with van der Waals surface area (Å²) >= 11 is 1.51. The second-order valence-corrected chi connectivity index (χ2v) is 7.71. The molecule has 8 nitrogen and oxygen atoms in total. The van der Waals surface area contributed by atoms with Gasteiger partial charge in [0.05, 0.1) is 6.54 Å². The van der Waals surface area contributed by atoms with Crippen molar-refractivity contribution < 1.29 is 0 Å². The van der Waals surface area contributed by atoms with Crippen molar-refractivity contribution in [3.63, 3.8) is 0 Å². The van der Waals surface area contributed by atoms with Crippen LogP contribution >= 0.6 is 11.3 Å². The average Bonchev–Trinajstić information content (AvgIpc) is 3.40. The Morgan fingerprint density at radius 2 is 1.89 bits per heavy atom. The first-order valence-electron chi connectivity index (χ1n) is 9.02. The molecule has 0 bridgehead atoms. The Hall–Kier alpha value is -2.78. The molecule has 1 aliphatic rings. The molecule has 27 heavy (non-hydrogen) atoms. The maximum atomic E-state index is 4.67. The van der Waals surface area contributed by atoms with Crippen LogP contribution in [0.2, 0.25) is 0 Å². The van der Waals surface area contributed by atoms with E-state index in [9.17, 15) is 0 Å². The molecule has 1 saturated heterocycles. The van der Waals surface area contributed by atoms with E-state index in [1.807, 2.05) is 17.5 Å². The van der Waals surface area contributed by atoms with Gasteiger partial charge >= 0.3 is 0 Å². The van der Waals surface area contributed by atoms with Crippen LogP contribution in [0.4, 0.5) is 5.69 Å². The zero-order valence-electron chi connectivity index (χ0n) is 15.0. The van der Waals surface area contributed by atoms with E-state index < -0.39 is 0 Å². The molecular weight excluding hydrogens is 360 g/mol. The molecule has 0 unspecified atom stereocenters. The van der Waals surface area contributed by atoms with Gasteiger partial charge in [0.25, 0.3) is 0 Å². The fourth-order valence-corrected chi connectivity index (χ4v) is 4.21. The molecule has 5 rings (SSSR count). The van der Waals surface area contributed by atoms with Crippen LogP contribution in [-0.4, -0.2) is 61.1 Å². The van der Waals surface area contributed by atoms with Crippen molar-refractivity contribution >= 4 is 22.0 Å². The molecule has 1 aromatic carbocycles. The molecule has 4 heterocycles. The van der Waals surface area contributed by atoms with Gasteiger partial charge in [-0.25, -0.2) is 0 Å². The molecule has 0 radical (unpaired) electrons. The van der Waals surface area contributed by atoms with Gasteiger partial charge in [0.1, 0.15) is 5.69 Å². The summed E-state index contributed by atoms with van der Waals surface area (Å²) in [4.78, 5) is 5.65. The third kappa shape index (κ3) is 3.19. The molecule has 0 saturated carbocycles. The standard InChI is InChI=1S/C18H20N8S/c1-13-11-15(20-19-13)17-23-26-16(21-22-18(26)27-17)12-24-7-9-25(10-8-24)14-5-3-2-4-6-14/h2-6,11H,7-10,12H2,1H3,(H,19,20). The number of anilines is 1. The van der Waals surface area contributed by atoms with E-state index in [0.717, 1.165) is 59.9 Å². The highest BCUT2D eigenvalue weighted by atomic mass is 32.1. The lowest BCUT2D eigenvalue weighted by molar-refractivity contribution is 0.242. The summed E-state index contributed by atoms with van der Waals surface area (Å²) in [6, 6.07) is 12.6. The highest BCUT2D eigenvalue weighted by molar-refractivity contribution is 7.19. The third-order valence-electron chi connectivity index (χ3n) is 4.84. The van der Waals surface area contributed by atoms with Crippen LogP contribution in [0.15, 0.2) is 36.4 Å². The minimum atomic E-state index is 0.757. The largest absolute Gasteiger partial charge is 0.369 e. The number of hydrogen-bond acceptors (Lipinski definition) is 7. The Labute approximate surface area is 160 Å². The van der Waals surface area contributed by atoms with Crippen molar-refractivity contribution in [2.24, 2.45) is 0 Å². The van der Waals surface area contributed by atoms with Crippen LogP contribution in [0, 0.1) is 6.92 Å². The third-order valence-corrected chi connectivity index (χ3v) is 5.76. The first-order chi connectivity index (χ1) is 13.3. The molecule has 4 aromatic rings. The number of hydrogen-bond donors (Lipinski definition) is 1. The second-order valence-electron chi connectivity index (χ2n) is 6.75. The van der Waals surface area contributed by atoms with Crippen molar-refractivity contribution in [3.8, 4) is 10.7 Å². The number of aromatic nitrogens is 6. The van der Waals surface area contributed by atoms with Crippen LogP contribution in [-0.2, 0) is 6.54 Å². The Morgan fingerprint density at radius 3 is 2.63 bits per heavy atom. The van der Waals surface area contributed by atoms with E-state index in [2.05, 4.69) is 65.6 Å². The van der Waals surface area contributed by atoms with Gasteiger partial charge in [-0.05, 0) is 25.1 Å². The maximum absolute atomic E-state index is 4.67. The van der Waals surface area contributed by atoms with Crippen LogP contribution < -0.4 is 4.90 Å². The molecule has 0 aliphatic carbocycles. The molecule has 3 aromatic heterocycles. The molecule has 1 fully saturated rings. The number of rotatable bonds is 4. The summed E-state index contributed by atoms with van der Waals surface area (Å²) in [6.07, 6.45) is 0. The number of H-pyrrole nitrogens is 1. The Morgan fingerprint density at radius 1 is 1.07 bits per heavy atom. The lowest BCUT2D eigenvalue weighted by Crippen LogP contribution is -2.46. The van der Waals surface area contributed by atoms with Gasteiger partial charge in [-0.15, -0.1) is 10.2 Å². The predicted octanol–water partition coefficient (Wildman–Crippen LogP) is 2.21. The molecule has 0 spiro atoms. The van der Waals surface area contributed by atoms with E-state index in [1.165, 1.54) is 17.0 Å². The first-order valence-corrected chi connectivity index (χ1v) is 9.84. The number of nitrogens with one attached hydrogen (secondary N) is 1. The summed E-state index contributed by atoms with van der Waals surface area (Å²) in [7, 11) is 0. The SMILES string of the molecule is Cc1cc(-c2nn3c(CN4CCN(c5ccccc5)CC4)nnc3s2)n[nH]1. The monoisotopic (exact) mass is 380 g/mol. The lowest BCUT2D eigenvalue weighted by Gasteiger charge is -2.35. The van der Waals surface area contributed by atoms with Gasteiger partial charge in [0, 0.05) is 37.6 Å². The first kappa shape index (κ1) is 16.4. The van der Waals surface area contributed by atoms with Crippen molar-refractivity contribution in [2.75, 3.05) is 31.1 Å². The highest BCUT2D eigenvalue weighted by Gasteiger charge is 2.21. The smallest absolute Gasteiger partial charge is 0.235 e. The van der Waals surface area contributed by atoms with Crippen LogP contribution in [0.5, 0.6) is 0 Å². The summed E-state index contributed by atoms with van der Waals surface area (Å²) in [6.45, 7) is 6.77. The molecule has 1 aliphatic heterocycles. The topological polar surface area (TPSA) is 78.2 Å². The van der Waals surface area contributed by atoms with Gasteiger partial charge in [-0.1, -0.05) is 29.5 Å². The highest BCUT2D eigenvalue weighted by Crippen LogP contribution is 2.24. The Bertz CT molecular complexity index is 1040. The van der Waals surface area contributed by atoms with Gasteiger partial charge in [0.2, 0.25) is 4.96 Å². The second kappa shape index (κ2) is 6.75. The van der Waals surface area contributed by atoms with Crippen LogP contribution in [0.1, 0.15) is 11.5 Å². The summed E-state index contributed by atoms with van der Waals surface area (Å²) in [5.74, 6) is 0.882. The van der Waals surface area contributed by atoms with Gasteiger partial charge in [-0.2, -0.15) is 14.7 Å². The molecule has 0 atom stereocenters. The minimum absolute atomic E-state index is 0.757.